The molecule has 0 aliphatic rings. The number of aryl methyl sites for hydroxylation is 1. The highest BCUT2D eigenvalue weighted by molar-refractivity contribution is 7.19. The molecular formula is C21H18FN3O2S2. The molecular weight excluding hydrogens is 409 g/mol. The van der Waals surface area contributed by atoms with Crippen molar-refractivity contribution in [3.8, 4) is 10.4 Å². The Morgan fingerprint density at radius 3 is 2.69 bits per heavy atom. The van der Waals surface area contributed by atoms with Crippen LogP contribution in [0.5, 0.6) is 0 Å². The molecule has 0 aliphatic carbocycles. The van der Waals surface area contributed by atoms with Crippen molar-refractivity contribution in [1.82, 2.24) is 14.9 Å². The summed E-state index contributed by atoms with van der Waals surface area (Å²) < 4.78 is 14.4. The number of hydrogen-bond donors (Lipinski definition) is 1. The lowest BCUT2D eigenvalue weighted by molar-refractivity contribution is -0.122. The molecule has 0 radical (unpaired) electrons. The summed E-state index contributed by atoms with van der Waals surface area (Å²) in [6, 6.07) is 9.66. The van der Waals surface area contributed by atoms with E-state index >= 15 is 0 Å². The molecule has 5 nitrogen and oxygen atoms in total. The Balaban J connectivity index is 1.58. The number of halogens is 1. The van der Waals surface area contributed by atoms with Gasteiger partial charge in [-0.1, -0.05) is 12.1 Å². The number of benzene rings is 1. The van der Waals surface area contributed by atoms with E-state index in [4.69, 9.17) is 0 Å². The van der Waals surface area contributed by atoms with Crippen molar-refractivity contribution in [3.63, 3.8) is 0 Å². The number of nitrogens with zero attached hydrogens (tertiary/aromatic N) is 2. The third-order valence-corrected chi connectivity index (χ3v) is 6.55. The van der Waals surface area contributed by atoms with Gasteiger partial charge in [0.25, 0.3) is 5.56 Å². The van der Waals surface area contributed by atoms with Crippen LogP contribution < -0.4 is 10.9 Å². The lowest BCUT2D eigenvalue weighted by Crippen LogP contribution is -2.33. The molecule has 148 valence electrons. The number of fused-ring (bicyclic) bond motifs is 1. The van der Waals surface area contributed by atoms with Crippen molar-refractivity contribution in [2.75, 3.05) is 0 Å². The summed E-state index contributed by atoms with van der Waals surface area (Å²) in [5, 5.41) is 5.32. The van der Waals surface area contributed by atoms with Gasteiger partial charge in [0.05, 0.1) is 17.8 Å². The van der Waals surface area contributed by atoms with E-state index in [1.54, 1.807) is 23.5 Å². The molecule has 1 N–H and O–H groups in total. The van der Waals surface area contributed by atoms with Crippen LogP contribution in [0, 0.1) is 12.7 Å². The maximum Gasteiger partial charge on any atom is 0.263 e. The van der Waals surface area contributed by atoms with Crippen LogP contribution in [0.25, 0.3) is 20.7 Å². The second kappa shape index (κ2) is 7.88. The molecule has 0 fully saturated rings. The highest BCUT2D eigenvalue weighted by Gasteiger charge is 2.16. The molecule has 0 bridgehead atoms. The van der Waals surface area contributed by atoms with Crippen molar-refractivity contribution in [1.29, 1.82) is 0 Å². The Morgan fingerprint density at radius 2 is 2.00 bits per heavy atom. The number of amides is 1. The average molecular weight is 428 g/mol. The van der Waals surface area contributed by atoms with Gasteiger partial charge in [-0.25, -0.2) is 9.37 Å². The summed E-state index contributed by atoms with van der Waals surface area (Å²) in [6.07, 6.45) is 1.41. The Morgan fingerprint density at radius 1 is 1.24 bits per heavy atom. The first-order chi connectivity index (χ1) is 13.9. The number of carbonyl (C=O) groups is 1. The maximum absolute atomic E-state index is 13.1. The van der Waals surface area contributed by atoms with Crippen molar-refractivity contribution in [3.05, 3.63) is 74.7 Å². The Hall–Kier alpha value is -2.84. The fourth-order valence-corrected chi connectivity index (χ4v) is 4.98. The molecule has 4 rings (SSSR count). The van der Waals surface area contributed by atoms with Gasteiger partial charge in [-0.15, -0.1) is 22.7 Å². The first-order valence-electron chi connectivity index (χ1n) is 9.00. The Bertz CT molecular complexity index is 1240. The average Bonchev–Trinajstić information content (AvgIpc) is 3.31. The van der Waals surface area contributed by atoms with E-state index in [2.05, 4.69) is 10.3 Å². The molecule has 3 heterocycles. The fraction of sp³-hybridized carbons (Fsp3) is 0.190. The Kier molecular flexibility index (Phi) is 5.29. The van der Waals surface area contributed by atoms with Crippen molar-refractivity contribution < 1.29 is 9.18 Å². The summed E-state index contributed by atoms with van der Waals surface area (Å²) in [6.45, 7) is 3.70. The lowest BCUT2D eigenvalue weighted by atomic mass is 10.1. The molecule has 0 saturated carbocycles. The van der Waals surface area contributed by atoms with E-state index in [9.17, 15) is 14.0 Å². The predicted octanol–water partition coefficient (Wildman–Crippen LogP) is 4.51. The maximum atomic E-state index is 13.1. The van der Waals surface area contributed by atoms with Crippen LogP contribution in [0.15, 0.2) is 52.9 Å². The molecule has 0 aliphatic heterocycles. The summed E-state index contributed by atoms with van der Waals surface area (Å²) in [5.74, 6) is -0.639. The summed E-state index contributed by atoms with van der Waals surface area (Å²) in [7, 11) is 0. The number of carbonyl (C=O) groups excluding carboxylic acids is 1. The van der Waals surface area contributed by atoms with Gasteiger partial charge in [0.15, 0.2) is 0 Å². The smallest absolute Gasteiger partial charge is 0.263 e. The number of thiophene rings is 2. The van der Waals surface area contributed by atoms with Gasteiger partial charge in [0.1, 0.15) is 17.2 Å². The molecule has 0 unspecified atom stereocenters. The van der Waals surface area contributed by atoms with E-state index in [1.165, 1.54) is 34.4 Å². The highest BCUT2D eigenvalue weighted by atomic mass is 32.1. The van der Waals surface area contributed by atoms with Crippen LogP contribution in [0.3, 0.4) is 0 Å². The summed E-state index contributed by atoms with van der Waals surface area (Å²) in [4.78, 5) is 32.7. The normalized spacial score (nSPS) is 12.2. The highest BCUT2D eigenvalue weighted by Crippen LogP contribution is 2.34. The van der Waals surface area contributed by atoms with Crippen LogP contribution >= 0.6 is 22.7 Å². The van der Waals surface area contributed by atoms with E-state index in [0.717, 1.165) is 20.9 Å². The zero-order valence-corrected chi connectivity index (χ0v) is 17.4. The van der Waals surface area contributed by atoms with E-state index < -0.39 is 0 Å². The Labute approximate surface area is 174 Å². The SMILES string of the molecule is Cc1ccc(-c2csc3ncn(CC(=O)N[C@@H](C)c4ccc(F)cc4)c(=O)c23)s1. The quantitative estimate of drug-likeness (QED) is 0.510. The zero-order chi connectivity index (χ0) is 20.5. The van der Waals surface area contributed by atoms with Gasteiger partial charge >= 0.3 is 0 Å². The van der Waals surface area contributed by atoms with Crippen LogP contribution in [-0.2, 0) is 11.3 Å². The van der Waals surface area contributed by atoms with Crippen molar-refractivity contribution >= 4 is 38.8 Å². The number of hydrogen-bond acceptors (Lipinski definition) is 5. The summed E-state index contributed by atoms with van der Waals surface area (Å²) >= 11 is 3.04. The number of aromatic nitrogens is 2. The monoisotopic (exact) mass is 427 g/mol. The van der Waals surface area contributed by atoms with Crippen LogP contribution in [0.1, 0.15) is 23.4 Å². The van der Waals surface area contributed by atoms with Gasteiger partial charge in [-0.05, 0) is 43.7 Å². The van der Waals surface area contributed by atoms with Gasteiger partial charge in [0.2, 0.25) is 5.91 Å². The van der Waals surface area contributed by atoms with E-state index in [-0.39, 0.29) is 29.9 Å². The first kappa shape index (κ1) is 19.5. The third-order valence-electron chi connectivity index (χ3n) is 4.63. The van der Waals surface area contributed by atoms with Gasteiger partial charge < -0.3 is 5.32 Å². The second-order valence-electron chi connectivity index (χ2n) is 6.76. The van der Waals surface area contributed by atoms with Gasteiger partial charge in [-0.2, -0.15) is 0 Å². The zero-order valence-electron chi connectivity index (χ0n) is 15.8. The number of rotatable bonds is 5. The molecule has 8 heteroatoms. The largest absolute Gasteiger partial charge is 0.348 e. The minimum absolute atomic E-state index is 0.133. The van der Waals surface area contributed by atoms with E-state index in [0.29, 0.717) is 10.2 Å². The lowest BCUT2D eigenvalue weighted by Gasteiger charge is -2.15. The summed E-state index contributed by atoms with van der Waals surface area (Å²) in [5.41, 5.74) is 1.41. The second-order valence-corrected chi connectivity index (χ2v) is 8.90. The van der Waals surface area contributed by atoms with Gasteiger partial charge in [-0.3, -0.25) is 14.2 Å². The molecule has 0 saturated heterocycles. The molecule has 0 spiro atoms. The predicted molar refractivity (Wildman–Crippen MR) is 115 cm³/mol. The van der Waals surface area contributed by atoms with E-state index in [1.807, 2.05) is 31.4 Å². The van der Waals surface area contributed by atoms with Crippen LogP contribution in [0.2, 0.25) is 0 Å². The van der Waals surface area contributed by atoms with Crippen LogP contribution in [-0.4, -0.2) is 15.5 Å². The molecule has 29 heavy (non-hydrogen) atoms. The van der Waals surface area contributed by atoms with Crippen molar-refractivity contribution in [2.24, 2.45) is 0 Å². The topological polar surface area (TPSA) is 64.0 Å². The number of nitrogens with one attached hydrogen (secondary N) is 1. The van der Waals surface area contributed by atoms with Gasteiger partial charge in [0, 0.05) is 20.7 Å². The molecule has 1 atom stereocenters. The molecule has 1 amide bonds. The standard InChI is InChI=1S/C21H18FN3O2S2/c1-12-3-8-17(29-12)16-10-28-20-19(16)21(27)25(11-23-20)9-18(26)24-13(2)14-4-6-15(22)7-5-14/h3-8,10-11,13H,9H2,1-2H3,(H,24,26)/t13-/m0/s1. The fourth-order valence-electron chi connectivity index (χ4n) is 3.12. The third kappa shape index (κ3) is 3.99. The molecule has 4 aromatic rings. The first-order valence-corrected chi connectivity index (χ1v) is 10.7. The van der Waals surface area contributed by atoms with Crippen molar-refractivity contribution in [2.45, 2.75) is 26.4 Å². The molecule has 3 aromatic heterocycles. The minimum Gasteiger partial charge on any atom is -0.348 e. The molecule has 1 aromatic carbocycles. The van der Waals surface area contributed by atoms with Crippen LogP contribution in [0.4, 0.5) is 4.39 Å². The minimum atomic E-state index is -0.328.